The number of anilines is 3. The molecule has 1 aliphatic heterocycles. The van der Waals surface area contributed by atoms with E-state index in [2.05, 4.69) is 38.9 Å². The first-order chi connectivity index (χ1) is 11.5. The van der Waals surface area contributed by atoms with Gasteiger partial charge in [-0.3, -0.25) is 0 Å². The Labute approximate surface area is 142 Å². The van der Waals surface area contributed by atoms with E-state index >= 15 is 0 Å². The number of benzene rings is 1. The van der Waals surface area contributed by atoms with Gasteiger partial charge >= 0.3 is 0 Å². The summed E-state index contributed by atoms with van der Waals surface area (Å²) in [6.45, 7) is 9.66. The third-order valence-electron chi connectivity index (χ3n) is 4.06. The third-order valence-corrected chi connectivity index (χ3v) is 4.06. The summed E-state index contributed by atoms with van der Waals surface area (Å²) in [5, 5.41) is 3.34. The molecule has 0 saturated carbocycles. The number of piperazine rings is 1. The lowest BCUT2D eigenvalue weighted by Crippen LogP contribution is -2.47. The van der Waals surface area contributed by atoms with Crippen LogP contribution in [-0.2, 0) is 0 Å². The fourth-order valence-electron chi connectivity index (χ4n) is 2.93. The van der Waals surface area contributed by atoms with E-state index in [9.17, 15) is 4.39 Å². The molecule has 2 heterocycles. The van der Waals surface area contributed by atoms with Crippen LogP contribution in [-0.4, -0.2) is 42.2 Å². The van der Waals surface area contributed by atoms with Crippen LogP contribution in [0.25, 0.3) is 0 Å². The highest BCUT2D eigenvalue weighted by Crippen LogP contribution is 2.21. The number of hydrogen-bond donors (Lipinski definition) is 1. The second-order valence-electron chi connectivity index (χ2n) is 6.41. The minimum Gasteiger partial charge on any atom is -0.368 e. The molecule has 1 aliphatic rings. The predicted molar refractivity (Wildman–Crippen MR) is 96.4 cm³/mol. The first kappa shape index (κ1) is 16.5. The van der Waals surface area contributed by atoms with Gasteiger partial charge in [0.15, 0.2) is 0 Å². The van der Waals surface area contributed by atoms with Gasteiger partial charge in [0.2, 0.25) is 0 Å². The van der Waals surface area contributed by atoms with Crippen LogP contribution in [0, 0.1) is 12.7 Å². The lowest BCUT2D eigenvalue weighted by Gasteiger charge is -2.36. The molecule has 0 unspecified atom stereocenters. The van der Waals surface area contributed by atoms with Gasteiger partial charge in [-0.25, -0.2) is 14.4 Å². The van der Waals surface area contributed by atoms with Crippen LogP contribution in [0.2, 0.25) is 0 Å². The van der Waals surface area contributed by atoms with E-state index in [1.165, 1.54) is 12.1 Å². The van der Waals surface area contributed by atoms with Crippen molar-refractivity contribution in [3.8, 4) is 0 Å². The summed E-state index contributed by atoms with van der Waals surface area (Å²) in [4.78, 5) is 13.6. The smallest absolute Gasteiger partial charge is 0.134 e. The highest BCUT2D eigenvalue weighted by atomic mass is 19.1. The Morgan fingerprint density at radius 1 is 1.00 bits per heavy atom. The Kier molecular flexibility index (Phi) is 4.83. The SMILES string of the molecule is Cc1nc(NC(C)C)cc(N2CCN(c3ccc(F)cc3)CC2)n1. The number of nitrogens with one attached hydrogen (secondary N) is 1. The van der Waals surface area contributed by atoms with Crippen molar-refractivity contribution < 1.29 is 4.39 Å². The quantitative estimate of drug-likeness (QED) is 0.934. The molecule has 1 fully saturated rings. The Hall–Kier alpha value is -2.37. The molecular weight excluding hydrogens is 305 g/mol. The van der Waals surface area contributed by atoms with Crippen molar-refractivity contribution in [2.75, 3.05) is 41.3 Å². The Morgan fingerprint density at radius 2 is 1.62 bits per heavy atom. The van der Waals surface area contributed by atoms with Crippen molar-refractivity contribution in [1.82, 2.24) is 9.97 Å². The lowest BCUT2D eigenvalue weighted by atomic mass is 10.2. The molecule has 1 N–H and O–H groups in total. The van der Waals surface area contributed by atoms with Gasteiger partial charge in [0.1, 0.15) is 23.3 Å². The molecule has 0 radical (unpaired) electrons. The zero-order chi connectivity index (χ0) is 17.1. The van der Waals surface area contributed by atoms with Crippen molar-refractivity contribution in [3.63, 3.8) is 0 Å². The Morgan fingerprint density at radius 3 is 2.25 bits per heavy atom. The lowest BCUT2D eigenvalue weighted by molar-refractivity contribution is 0.624. The molecule has 1 saturated heterocycles. The number of halogens is 1. The normalized spacial score (nSPS) is 15.0. The molecule has 0 amide bonds. The number of rotatable bonds is 4. The van der Waals surface area contributed by atoms with Gasteiger partial charge in [-0.05, 0) is 45.0 Å². The summed E-state index contributed by atoms with van der Waals surface area (Å²) in [7, 11) is 0. The van der Waals surface area contributed by atoms with Gasteiger partial charge in [0, 0.05) is 44.0 Å². The maximum absolute atomic E-state index is 13.1. The zero-order valence-corrected chi connectivity index (χ0v) is 14.5. The first-order valence-electron chi connectivity index (χ1n) is 8.39. The number of nitrogens with zero attached hydrogens (tertiary/aromatic N) is 4. The third kappa shape index (κ3) is 3.93. The van der Waals surface area contributed by atoms with Crippen molar-refractivity contribution in [1.29, 1.82) is 0 Å². The van der Waals surface area contributed by atoms with Crippen molar-refractivity contribution in [2.45, 2.75) is 26.8 Å². The summed E-state index contributed by atoms with van der Waals surface area (Å²) in [6, 6.07) is 9.05. The maximum Gasteiger partial charge on any atom is 0.134 e. The summed E-state index contributed by atoms with van der Waals surface area (Å²) in [5.41, 5.74) is 1.07. The van der Waals surface area contributed by atoms with Gasteiger partial charge in [0.05, 0.1) is 0 Å². The van der Waals surface area contributed by atoms with E-state index in [0.717, 1.165) is 49.3 Å². The molecular formula is C18H24FN5. The van der Waals surface area contributed by atoms with Crippen LogP contribution in [0.3, 0.4) is 0 Å². The van der Waals surface area contributed by atoms with Crippen LogP contribution in [0.1, 0.15) is 19.7 Å². The first-order valence-corrected chi connectivity index (χ1v) is 8.39. The van der Waals surface area contributed by atoms with Crippen LogP contribution in [0.4, 0.5) is 21.7 Å². The molecule has 6 heteroatoms. The summed E-state index contributed by atoms with van der Waals surface area (Å²) < 4.78 is 13.1. The topological polar surface area (TPSA) is 44.3 Å². The van der Waals surface area contributed by atoms with Crippen molar-refractivity contribution in [3.05, 3.63) is 42.0 Å². The standard InChI is InChI=1S/C18H24FN5/c1-13(2)20-17-12-18(22-14(3)21-17)24-10-8-23(9-11-24)16-6-4-15(19)5-7-16/h4-7,12-13H,8-11H2,1-3H3,(H,20,21,22). The molecule has 5 nitrogen and oxygen atoms in total. The average Bonchev–Trinajstić information content (AvgIpc) is 2.54. The van der Waals surface area contributed by atoms with Gasteiger partial charge in [-0.2, -0.15) is 0 Å². The second-order valence-corrected chi connectivity index (χ2v) is 6.41. The van der Waals surface area contributed by atoms with E-state index < -0.39 is 0 Å². The van der Waals surface area contributed by atoms with Gasteiger partial charge in [-0.15, -0.1) is 0 Å². The molecule has 1 aromatic carbocycles. The van der Waals surface area contributed by atoms with Crippen LogP contribution in [0.15, 0.2) is 30.3 Å². The highest BCUT2D eigenvalue weighted by Gasteiger charge is 2.19. The van der Waals surface area contributed by atoms with Crippen LogP contribution in [0.5, 0.6) is 0 Å². The van der Waals surface area contributed by atoms with Gasteiger partial charge in [-0.1, -0.05) is 0 Å². The molecule has 3 rings (SSSR count). The monoisotopic (exact) mass is 329 g/mol. The number of hydrogen-bond acceptors (Lipinski definition) is 5. The zero-order valence-electron chi connectivity index (χ0n) is 14.5. The Balaban J connectivity index is 1.68. The number of aromatic nitrogens is 2. The van der Waals surface area contributed by atoms with Gasteiger partial charge < -0.3 is 15.1 Å². The fraction of sp³-hybridized carbons (Fsp3) is 0.444. The average molecular weight is 329 g/mol. The fourth-order valence-corrected chi connectivity index (χ4v) is 2.93. The van der Waals surface area contributed by atoms with Crippen LogP contribution >= 0.6 is 0 Å². The summed E-state index contributed by atoms with van der Waals surface area (Å²) in [5.74, 6) is 2.41. The molecule has 0 bridgehead atoms. The van der Waals surface area contributed by atoms with Crippen LogP contribution < -0.4 is 15.1 Å². The molecule has 2 aromatic rings. The van der Waals surface area contributed by atoms with Gasteiger partial charge in [0.25, 0.3) is 0 Å². The Bertz CT molecular complexity index is 678. The van der Waals surface area contributed by atoms with E-state index in [1.807, 2.05) is 25.1 Å². The minimum absolute atomic E-state index is 0.195. The summed E-state index contributed by atoms with van der Waals surface area (Å²) in [6.07, 6.45) is 0. The van der Waals surface area contributed by atoms with E-state index in [0.29, 0.717) is 6.04 Å². The largest absolute Gasteiger partial charge is 0.368 e. The van der Waals surface area contributed by atoms with E-state index in [1.54, 1.807) is 0 Å². The predicted octanol–water partition coefficient (Wildman–Crippen LogP) is 3.07. The number of aryl methyl sites for hydroxylation is 1. The molecule has 1 aromatic heterocycles. The van der Waals surface area contributed by atoms with E-state index in [-0.39, 0.29) is 5.82 Å². The van der Waals surface area contributed by atoms with E-state index in [4.69, 9.17) is 0 Å². The molecule has 0 aliphatic carbocycles. The van der Waals surface area contributed by atoms with Crippen molar-refractivity contribution in [2.24, 2.45) is 0 Å². The molecule has 24 heavy (non-hydrogen) atoms. The second kappa shape index (κ2) is 7.03. The minimum atomic E-state index is -0.195. The molecule has 128 valence electrons. The molecule has 0 atom stereocenters. The molecule has 0 spiro atoms. The highest BCUT2D eigenvalue weighted by molar-refractivity contribution is 5.53. The van der Waals surface area contributed by atoms with Crippen molar-refractivity contribution >= 4 is 17.3 Å². The maximum atomic E-state index is 13.1. The summed E-state index contributed by atoms with van der Waals surface area (Å²) >= 11 is 0.